The fraction of sp³-hybridized carbons (Fsp3) is 0.0870. The predicted octanol–water partition coefficient (Wildman–Crippen LogP) is 4.24. The molecule has 9 nitrogen and oxygen atoms in total. The summed E-state index contributed by atoms with van der Waals surface area (Å²) in [6.45, 7) is 3.89. The van der Waals surface area contributed by atoms with Crippen molar-refractivity contribution in [1.82, 2.24) is 4.98 Å². The fourth-order valence-corrected chi connectivity index (χ4v) is 4.15. The van der Waals surface area contributed by atoms with Crippen LogP contribution < -0.4 is 9.64 Å². The van der Waals surface area contributed by atoms with E-state index in [2.05, 4.69) is 11.6 Å². The summed E-state index contributed by atoms with van der Waals surface area (Å²) in [6, 6.07) is 10.8. The zero-order valence-corrected chi connectivity index (χ0v) is 17.9. The number of non-ortho nitro benzene ring substituents is 1. The number of aliphatic hydroxyl groups excluding tert-OH is 1. The van der Waals surface area contributed by atoms with Crippen LogP contribution in [0.15, 0.2) is 78.3 Å². The number of carbonyl (C=O) groups excluding carboxylic acids is 2. The van der Waals surface area contributed by atoms with Crippen molar-refractivity contribution in [2.45, 2.75) is 6.04 Å². The summed E-state index contributed by atoms with van der Waals surface area (Å²) in [4.78, 5) is 41.8. The molecule has 1 atom stereocenters. The van der Waals surface area contributed by atoms with Crippen molar-refractivity contribution in [3.63, 3.8) is 0 Å². The van der Waals surface area contributed by atoms with Crippen molar-refractivity contribution >= 4 is 39.6 Å². The maximum absolute atomic E-state index is 13.0. The van der Waals surface area contributed by atoms with Gasteiger partial charge >= 0.3 is 5.91 Å². The second-order valence-corrected chi connectivity index (χ2v) is 7.83. The van der Waals surface area contributed by atoms with Gasteiger partial charge in [0.05, 0.1) is 16.5 Å². The summed E-state index contributed by atoms with van der Waals surface area (Å²) in [5, 5.41) is 24.0. The third-order valence-electron chi connectivity index (χ3n) is 4.99. The average molecular weight is 463 g/mol. The highest BCUT2D eigenvalue weighted by molar-refractivity contribution is 7.14. The number of nitrogens with zero attached hydrogens (tertiary/aromatic N) is 3. The van der Waals surface area contributed by atoms with Gasteiger partial charge in [0.15, 0.2) is 5.13 Å². The fourth-order valence-electron chi connectivity index (χ4n) is 3.48. The highest BCUT2D eigenvalue weighted by Crippen LogP contribution is 2.43. The van der Waals surface area contributed by atoms with Gasteiger partial charge in [-0.25, -0.2) is 4.98 Å². The van der Waals surface area contributed by atoms with E-state index in [1.165, 1.54) is 35.4 Å². The Bertz CT molecular complexity index is 1250. The lowest BCUT2D eigenvalue weighted by Gasteiger charge is -2.22. The first-order valence-electron chi connectivity index (χ1n) is 9.71. The number of aliphatic hydroxyl groups is 1. The van der Waals surface area contributed by atoms with Gasteiger partial charge in [-0.05, 0) is 42.0 Å². The number of Topliss-reactive ketones (excluding diaryl/α,β-unsaturated/α-hetero) is 1. The number of nitro benzene ring substituents is 1. The number of nitro groups is 1. The highest BCUT2D eigenvalue weighted by Gasteiger charge is 2.48. The molecule has 166 valence electrons. The van der Waals surface area contributed by atoms with Crippen LogP contribution in [0.1, 0.15) is 17.2 Å². The summed E-state index contributed by atoms with van der Waals surface area (Å²) in [5.74, 6) is -1.55. The van der Waals surface area contributed by atoms with Crippen LogP contribution in [0.5, 0.6) is 5.75 Å². The van der Waals surface area contributed by atoms with Gasteiger partial charge in [-0.1, -0.05) is 12.7 Å². The van der Waals surface area contributed by atoms with Gasteiger partial charge in [0, 0.05) is 29.3 Å². The Kier molecular flexibility index (Phi) is 6.01. The van der Waals surface area contributed by atoms with Crippen molar-refractivity contribution in [2.24, 2.45) is 0 Å². The second-order valence-electron chi connectivity index (χ2n) is 6.96. The molecule has 1 saturated heterocycles. The Morgan fingerprint density at radius 1 is 1.21 bits per heavy atom. The number of hydrogen-bond donors (Lipinski definition) is 1. The van der Waals surface area contributed by atoms with Gasteiger partial charge in [0.2, 0.25) is 0 Å². The lowest BCUT2D eigenvalue weighted by Crippen LogP contribution is -2.29. The number of rotatable bonds is 7. The van der Waals surface area contributed by atoms with Crippen LogP contribution >= 0.6 is 11.3 Å². The number of anilines is 1. The summed E-state index contributed by atoms with van der Waals surface area (Å²) >= 11 is 1.16. The van der Waals surface area contributed by atoms with Crippen LogP contribution in [0.3, 0.4) is 0 Å². The van der Waals surface area contributed by atoms with Crippen LogP contribution in [0.25, 0.3) is 5.76 Å². The Hall–Kier alpha value is -4.31. The number of aromatic nitrogens is 1. The number of ether oxygens (including phenoxy) is 1. The monoisotopic (exact) mass is 463 g/mol. The third kappa shape index (κ3) is 4.11. The molecule has 1 aromatic heterocycles. The first-order chi connectivity index (χ1) is 15.9. The van der Waals surface area contributed by atoms with Crippen LogP contribution in [-0.2, 0) is 9.59 Å². The molecule has 1 aliphatic rings. The quantitative estimate of drug-likeness (QED) is 0.139. The molecule has 2 aromatic carbocycles. The molecule has 3 aromatic rings. The second kappa shape index (κ2) is 9.05. The smallest absolute Gasteiger partial charge is 0.301 e. The van der Waals surface area contributed by atoms with E-state index in [0.29, 0.717) is 23.5 Å². The SMILES string of the molecule is C=CCOc1ccc(C(O)=C2C(=O)C(=O)N(c3nccs3)[C@@H]2c2ccc([N+](=O)[O-])cc2)cc1. The minimum atomic E-state index is -1.01. The Morgan fingerprint density at radius 2 is 1.91 bits per heavy atom. The van der Waals surface area contributed by atoms with Gasteiger partial charge < -0.3 is 9.84 Å². The molecule has 0 unspecified atom stereocenters. The highest BCUT2D eigenvalue weighted by atomic mass is 32.1. The molecule has 4 rings (SSSR count). The molecule has 1 N–H and O–H groups in total. The lowest BCUT2D eigenvalue weighted by atomic mass is 9.95. The molecule has 33 heavy (non-hydrogen) atoms. The minimum absolute atomic E-state index is 0.135. The molecular formula is C23H17N3O6S. The normalized spacial score (nSPS) is 17.2. The van der Waals surface area contributed by atoms with E-state index >= 15 is 0 Å². The number of benzene rings is 2. The Labute approximate surface area is 192 Å². The lowest BCUT2D eigenvalue weighted by molar-refractivity contribution is -0.384. The van der Waals surface area contributed by atoms with E-state index in [1.807, 2.05) is 0 Å². The summed E-state index contributed by atoms with van der Waals surface area (Å²) in [7, 11) is 0. The summed E-state index contributed by atoms with van der Waals surface area (Å²) < 4.78 is 5.43. The Morgan fingerprint density at radius 3 is 2.48 bits per heavy atom. The van der Waals surface area contributed by atoms with Crippen molar-refractivity contribution in [1.29, 1.82) is 0 Å². The number of thiazole rings is 1. The van der Waals surface area contributed by atoms with Gasteiger partial charge in [-0.2, -0.15) is 0 Å². The van der Waals surface area contributed by atoms with E-state index in [-0.39, 0.29) is 22.2 Å². The van der Waals surface area contributed by atoms with Crippen molar-refractivity contribution in [3.8, 4) is 5.75 Å². The zero-order chi connectivity index (χ0) is 23.5. The maximum atomic E-state index is 13.0. The number of carbonyl (C=O) groups is 2. The number of hydrogen-bond acceptors (Lipinski definition) is 8. The minimum Gasteiger partial charge on any atom is -0.507 e. The molecule has 0 bridgehead atoms. The largest absolute Gasteiger partial charge is 0.507 e. The van der Waals surface area contributed by atoms with E-state index in [4.69, 9.17) is 4.74 Å². The zero-order valence-electron chi connectivity index (χ0n) is 17.1. The number of ketones is 1. The molecule has 1 amide bonds. The van der Waals surface area contributed by atoms with Crippen LogP contribution in [0.2, 0.25) is 0 Å². The van der Waals surface area contributed by atoms with E-state index < -0.39 is 22.7 Å². The molecule has 1 aliphatic heterocycles. The molecule has 0 aliphatic carbocycles. The van der Waals surface area contributed by atoms with Gasteiger partial charge in [0.1, 0.15) is 18.1 Å². The van der Waals surface area contributed by atoms with E-state index in [1.54, 1.807) is 35.7 Å². The topological polar surface area (TPSA) is 123 Å². The maximum Gasteiger partial charge on any atom is 0.301 e. The molecule has 0 spiro atoms. The molecule has 1 fully saturated rings. The average Bonchev–Trinajstić information content (AvgIpc) is 3.44. The van der Waals surface area contributed by atoms with Crippen LogP contribution in [0.4, 0.5) is 10.8 Å². The molecule has 0 saturated carbocycles. The molecule has 10 heteroatoms. The van der Waals surface area contributed by atoms with Crippen molar-refractivity contribution in [2.75, 3.05) is 11.5 Å². The molecular weight excluding hydrogens is 446 g/mol. The van der Waals surface area contributed by atoms with Crippen LogP contribution in [0, 0.1) is 10.1 Å². The predicted molar refractivity (Wildman–Crippen MR) is 122 cm³/mol. The van der Waals surface area contributed by atoms with Crippen LogP contribution in [-0.4, -0.2) is 33.3 Å². The van der Waals surface area contributed by atoms with Gasteiger partial charge in [0.25, 0.3) is 11.5 Å². The van der Waals surface area contributed by atoms with Gasteiger partial charge in [-0.3, -0.25) is 24.6 Å². The van der Waals surface area contributed by atoms with Crippen molar-refractivity contribution in [3.05, 3.63) is 99.6 Å². The van der Waals surface area contributed by atoms with Crippen molar-refractivity contribution < 1.29 is 24.4 Å². The standard InChI is InChI=1S/C23H17N3O6S/c1-2-12-32-17-9-5-15(6-10-17)20(27)18-19(14-3-7-16(8-4-14)26(30)31)25(22(29)21(18)28)23-24-11-13-33-23/h2-11,13,19,27H,1,12H2/t19-/m1/s1. The first kappa shape index (κ1) is 21.9. The Balaban J connectivity index is 1.83. The molecule has 0 radical (unpaired) electrons. The third-order valence-corrected chi connectivity index (χ3v) is 5.76. The van der Waals surface area contributed by atoms with Gasteiger partial charge in [-0.15, -0.1) is 11.3 Å². The molecule has 2 heterocycles. The number of amides is 1. The summed E-state index contributed by atoms with van der Waals surface area (Å²) in [6.07, 6.45) is 3.09. The van der Waals surface area contributed by atoms with E-state index in [9.17, 15) is 24.8 Å². The van der Waals surface area contributed by atoms with E-state index in [0.717, 1.165) is 11.3 Å². The first-order valence-corrected chi connectivity index (χ1v) is 10.6. The summed E-state index contributed by atoms with van der Waals surface area (Å²) in [5.41, 5.74) is 0.455.